The van der Waals surface area contributed by atoms with Crippen LogP contribution in [0.4, 0.5) is 15.0 Å². The summed E-state index contributed by atoms with van der Waals surface area (Å²) in [6.07, 6.45) is 0. The lowest BCUT2D eigenvalue weighted by Crippen LogP contribution is -2.28. The zero-order chi connectivity index (χ0) is 17.6. The molecule has 0 saturated carbocycles. The molecule has 0 atom stereocenters. The van der Waals surface area contributed by atoms with Crippen LogP contribution in [0, 0.1) is 5.82 Å². The number of amides is 2. The largest absolute Gasteiger partial charge is 0.392 e. The minimum atomic E-state index is -0.480. The topological polar surface area (TPSA) is 87.4 Å². The van der Waals surface area contributed by atoms with Gasteiger partial charge in [0.25, 0.3) is 0 Å². The van der Waals surface area contributed by atoms with Crippen LogP contribution < -0.4 is 10.6 Å². The van der Waals surface area contributed by atoms with Gasteiger partial charge in [0.15, 0.2) is 11.6 Å². The molecule has 0 fully saturated rings. The van der Waals surface area contributed by atoms with Gasteiger partial charge in [-0.15, -0.1) is 0 Å². The fourth-order valence-corrected chi connectivity index (χ4v) is 2.27. The van der Waals surface area contributed by atoms with Gasteiger partial charge < -0.3 is 14.9 Å². The lowest BCUT2D eigenvalue weighted by Gasteiger charge is -2.07. The standard InChI is InChI=1S/C18H16FN3O3/c19-15-7-6-12(8-14(15)11-23)10-20-18(24)21-17-9-16(25-22-17)13-4-2-1-3-5-13/h1-9,23H,10-11H2,(H2,20,21,22,24). The van der Waals surface area contributed by atoms with Crippen LogP contribution in [0.1, 0.15) is 11.1 Å². The number of aliphatic hydroxyl groups is 1. The van der Waals surface area contributed by atoms with Crippen LogP contribution in [0.25, 0.3) is 11.3 Å². The molecule has 3 N–H and O–H groups in total. The molecule has 0 bridgehead atoms. The normalized spacial score (nSPS) is 10.5. The molecule has 2 aromatic carbocycles. The van der Waals surface area contributed by atoms with E-state index in [-0.39, 0.29) is 17.9 Å². The van der Waals surface area contributed by atoms with Gasteiger partial charge in [-0.1, -0.05) is 41.6 Å². The maximum atomic E-state index is 13.3. The SMILES string of the molecule is O=C(NCc1ccc(F)c(CO)c1)Nc1cc(-c2ccccc2)on1. The van der Waals surface area contributed by atoms with E-state index in [0.29, 0.717) is 11.3 Å². The average molecular weight is 341 g/mol. The summed E-state index contributed by atoms with van der Waals surface area (Å²) in [4.78, 5) is 11.9. The number of carbonyl (C=O) groups is 1. The van der Waals surface area contributed by atoms with Crippen molar-refractivity contribution >= 4 is 11.8 Å². The first-order valence-electron chi connectivity index (χ1n) is 7.61. The van der Waals surface area contributed by atoms with E-state index in [2.05, 4.69) is 15.8 Å². The Bertz CT molecular complexity index is 865. The second-order valence-electron chi connectivity index (χ2n) is 5.33. The van der Waals surface area contributed by atoms with Crippen LogP contribution in [0.3, 0.4) is 0 Å². The fraction of sp³-hybridized carbons (Fsp3) is 0.111. The van der Waals surface area contributed by atoms with Crippen molar-refractivity contribution in [3.05, 3.63) is 71.5 Å². The van der Waals surface area contributed by atoms with Gasteiger partial charge in [-0.2, -0.15) is 0 Å². The third kappa shape index (κ3) is 4.21. The summed E-state index contributed by atoms with van der Waals surface area (Å²) in [6.45, 7) is -0.213. The van der Waals surface area contributed by atoms with Crippen LogP contribution in [-0.2, 0) is 13.2 Å². The molecule has 0 aliphatic carbocycles. The molecule has 1 aromatic heterocycles. The molecule has 7 heteroatoms. The van der Waals surface area contributed by atoms with Crippen molar-refractivity contribution in [2.24, 2.45) is 0 Å². The summed E-state index contributed by atoms with van der Waals surface area (Å²) in [7, 11) is 0. The number of rotatable bonds is 5. The molecule has 1 heterocycles. The Kier molecular flexibility index (Phi) is 5.06. The summed E-state index contributed by atoms with van der Waals surface area (Å²) in [6, 6.07) is 14.8. The van der Waals surface area contributed by atoms with Gasteiger partial charge in [0.2, 0.25) is 0 Å². The molecule has 0 radical (unpaired) electrons. The highest BCUT2D eigenvalue weighted by molar-refractivity contribution is 5.88. The van der Waals surface area contributed by atoms with E-state index in [1.54, 1.807) is 12.1 Å². The van der Waals surface area contributed by atoms with E-state index < -0.39 is 18.5 Å². The Balaban J connectivity index is 1.57. The minimum absolute atomic E-state index is 0.183. The number of nitrogens with zero attached hydrogens (tertiary/aromatic N) is 1. The maximum absolute atomic E-state index is 13.3. The van der Waals surface area contributed by atoms with Crippen LogP contribution in [0.5, 0.6) is 0 Å². The van der Waals surface area contributed by atoms with Gasteiger partial charge in [0.05, 0.1) is 6.61 Å². The van der Waals surface area contributed by atoms with Gasteiger partial charge in [-0.05, 0) is 17.7 Å². The molecule has 3 rings (SSSR count). The number of anilines is 1. The number of hydrogen-bond acceptors (Lipinski definition) is 4. The third-order valence-electron chi connectivity index (χ3n) is 3.54. The van der Waals surface area contributed by atoms with E-state index in [0.717, 1.165) is 5.56 Å². The second-order valence-corrected chi connectivity index (χ2v) is 5.33. The first-order valence-corrected chi connectivity index (χ1v) is 7.61. The molecule has 0 aliphatic heterocycles. The quantitative estimate of drug-likeness (QED) is 0.664. The molecule has 6 nitrogen and oxygen atoms in total. The Morgan fingerprint density at radius 3 is 2.72 bits per heavy atom. The second kappa shape index (κ2) is 7.59. The minimum Gasteiger partial charge on any atom is -0.392 e. The highest BCUT2D eigenvalue weighted by Gasteiger charge is 2.09. The fourth-order valence-electron chi connectivity index (χ4n) is 2.27. The number of urea groups is 1. The van der Waals surface area contributed by atoms with Crippen molar-refractivity contribution in [1.29, 1.82) is 0 Å². The summed E-state index contributed by atoms with van der Waals surface area (Å²) in [5, 5.41) is 18.0. The summed E-state index contributed by atoms with van der Waals surface area (Å²) >= 11 is 0. The lowest BCUT2D eigenvalue weighted by atomic mass is 10.1. The summed E-state index contributed by atoms with van der Waals surface area (Å²) in [5.74, 6) is 0.347. The van der Waals surface area contributed by atoms with E-state index >= 15 is 0 Å². The molecule has 0 spiro atoms. The maximum Gasteiger partial charge on any atom is 0.320 e. The molecule has 3 aromatic rings. The highest BCUT2D eigenvalue weighted by Crippen LogP contribution is 2.21. The van der Waals surface area contributed by atoms with Crippen LogP contribution >= 0.6 is 0 Å². The molecular formula is C18H16FN3O3. The molecule has 25 heavy (non-hydrogen) atoms. The first kappa shape index (κ1) is 16.7. The van der Waals surface area contributed by atoms with Gasteiger partial charge >= 0.3 is 6.03 Å². The lowest BCUT2D eigenvalue weighted by molar-refractivity contribution is 0.251. The van der Waals surface area contributed by atoms with E-state index in [1.807, 2.05) is 30.3 Å². The third-order valence-corrected chi connectivity index (χ3v) is 3.54. The van der Waals surface area contributed by atoms with Gasteiger partial charge in [0.1, 0.15) is 5.82 Å². The zero-order valence-corrected chi connectivity index (χ0v) is 13.2. The number of hydrogen-bond donors (Lipinski definition) is 3. The van der Waals surface area contributed by atoms with Crippen molar-refractivity contribution < 1.29 is 18.8 Å². The van der Waals surface area contributed by atoms with Crippen molar-refractivity contribution in [2.75, 3.05) is 5.32 Å². The first-order chi connectivity index (χ1) is 12.2. The molecular weight excluding hydrogens is 325 g/mol. The van der Waals surface area contributed by atoms with Gasteiger partial charge in [-0.3, -0.25) is 5.32 Å². The van der Waals surface area contributed by atoms with Gasteiger partial charge in [-0.25, -0.2) is 9.18 Å². The number of halogens is 1. The van der Waals surface area contributed by atoms with Crippen molar-refractivity contribution in [2.45, 2.75) is 13.2 Å². The molecule has 0 saturated heterocycles. The number of nitrogens with one attached hydrogen (secondary N) is 2. The number of aromatic nitrogens is 1. The van der Waals surface area contributed by atoms with Crippen LogP contribution in [0.2, 0.25) is 0 Å². The monoisotopic (exact) mass is 341 g/mol. The highest BCUT2D eigenvalue weighted by atomic mass is 19.1. The number of carbonyl (C=O) groups excluding carboxylic acids is 1. The van der Waals surface area contributed by atoms with Crippen LogP contribution in [-0.4, -0.2) is 16.3 Å². The molecule has 0 aliphatic rings. The summed E-state index contributed by atoms with van der Waals surface area (Å²) in [5.41, 5.74) is 1.71. The summed E-state index contributed by atoms with van der Waals surface area (Å²) < 4.78 is 18.5. The van der Waals surface area contributed by atoms with Crippen molar-refractivity contribution in [1.82, 2.24) is 10.5 Å². The molecule has 128 valence electrons. The number of benzene rings is 2. The Hall–Kier alpha value is -3.19. The molecule has 0 unspecified atom stereocenters. The average Bonchev–Trinajstić information content (AvgIpc) is 3.10. The van der Waals surface area contributed by atoms with Crippen molar-refractivity contribution in [3.63, 3.8) is 0 Å². The van der Waals surface area contributed by atoms with Crippen molar-refractivity contribution in [3.8, 4) is 11.3 Å². The van der Waals surface area contributed by atoms with Gasteiger partial charge in [0, 0.05) is 23.7 Å². The van der Waals surface area contributed by atoms with E-state index in [4.69, 9.17) is 9.63 Å². The number of aliphatic hydroxyl groups excluding tert-OH is 1. The molecule has 2 amide bonds. The zero-order valence-electron chi connectivity index (χ0n) is 13.2. The smallest absolute Gasteiger partial charge is 0.320 e. The predicted molar refractivity (Wildman–Crippen MR) is 90.1 cm³/mol. The Morgan fingerprint density at radius 2 is 1.96 bits per heavy atom. The van der Waals surface area contributed by atoms with Crippen LogP contribution in [0.15, 0.2) is 59.1 Å². The van der Waals surface area contributed by atoms with E-state index in [1.165, 1.54) is 12.1 Å². The Morgan fingerprint density at radius 1 is 1.16 bits per heavy atom. The predicted octanol–water partition coefficient (Wildman–Crippen LogP) is 3.29. The van der Waals surface area contributed by atoms with E-state index in [9.17, 15) is 9.18 Å². The Labute approximate surface area is 143 Å².